The molecule has 2 N–H and O–H groups in total. The van der Waals surface area contributed by atoms with Gasteiger partial charge in [0.1, 0.15) is 11.5 Å². The fourth-order valence-corrected chi connectivity index (χ4v) is 1.13. The average Bonchev–Trinajstić information content (AvgIpc) is 2.28. The van der Waals surface area contributed by atoms with Crippen LogP contribution in [0, 0.1) is 13.8 Å². The summed E-state index contributed by atoms with van der Waals surface area (Å²) in [5.41, 5.74) is 6.17. The van der Waals surface area contributed by atoms with E-state index < -0.39 is 18.6 Å². The number of hydrogen-bond donors (Lipinski definition) is 1. The number of aryl methyl sites for hydroxylation is 2. The second-order valence-electron chi connectivity index (χ2n) is 3.31. The van der Waals surface area contributed by atoms with Crippen LogP contribution in [0.4, 0.5) is 13.2 Å². The molecule has 0 fully saturated rings. The quantitative estimate of drug-likeness (QED) is 0.866. The minimum Gasteiger partial charge on any atom is -0.464 e. The Labute approximate surface area is 92.0 Å². The monoisotopic (exact) mass is 243 g/mol. The van der Waals surface area contributed by atoms with Gasteiger partial charge in [-0.2, -0.15) is 13.2 Å². The Bertz CT molecular complexity index is 302. The van der Waals surface area contributed by atoms with Crippen molar-refractivity contribution >= 4 is 12.4 Å². The molecule has 0 bridgehead atoms. The van der Waals surface area contributed by atoms with Crippen molar-refractivity contribution in [1.82, 2.24) is 0 Å². The van der Waals surface area contributed by atoms with Gasteiger partial charge in [0.25, 0.3) is 0 Å². The van der Waals surface area contributed by atoms with Crippen LogP contribution in [0.25, 0.3) is 0 Å². The van der Waals surface area contributed by atoms with Crippen molar-refractivity contribution in [3.05, 3.63) is 23.2 Å². The number of nitrogens with two attached hydrogens (primary N) is 1. The summed E-state index contributed by atoms with van der Waals surface area (Å²) < 4.78 is 41.0. The Kier molecular flexibility index (Phi) is 4.67. The Morgan fingerprint density at radius 3 is 2.27 bits per heavy atom. The molecule has 0 aliphatic carbocycles. The van der Waals surface area contributed by atoms with Gasteiger partial charge < -0.3 is 10.2 Å². The predicted octanol–water partition coefficient (Wildman–Crippen LogP) is 3.27. The largest absolute Gasteiger partial charge is 0.464 e. The molecule has 1 aromatic rings. The van der Waals surface area contributed by atoms with Gasteiger partial charge in [-0.25, -0.2) is 0 Å². The molecule has 0 aliphatic heterocycles. The van der Waals surface area contributed by atoms with E-state index in [4.69, 9.17) is 10.2 Å². The summed E-state index contributed by atoms with van der Waals surface area (Å²) in [6, 6.07) is 0.438. The third-order valence-corrected chi connectivity index (χ3v) is 2.00. The SMILES string of the molecule is Cc1cc([C@@H](N)CC(F)(F)F)oc1C.Cl. The first-order chi connectivity index (χ1) is 6.29. The topological polar surface area (TPSA) is 39.2 Å². The predicted molar refractivity (Wildman–Crippen MR) is 53.0 cm³/mol. The van der Waals surface area contributed by atoms with Crippen LogP contribution in [0.15, 0.2) is 10.5 Å². The summed E-state index contributed by atoms with van der Waals surface area (Å²) in [4.78, 5) is 0. The summed E-state index contributed by atoms with van der Waals surface area (Å²) in [5.74, 6) is 0.801. The zero-order valence-electron chi connectivity index (χ0n) is 8.39. The molecule has 0 radical (unpaired) electrons. The standard InChI is InChI=1S/C9H12F3NO.ClH/c1-5-3-8(14-6(5)2)7(13)4-9(10,11)12;/h3,7H,4,13H2,1-2H3;1H/t7-;/m0./s1. The number of furan rings is 1. The first-order valence-electron chi connectivity index (χ1n) is 4.19. The van der Waals surface area contributed by atoms with Crippen molar-refractivity contribution in [3.8, 4) is 0 Å². The molecule has 0 aliphatic rings. The molecule has 0 saturated carbocycles. The summed E-state index contributed by atoms with van der Waals surface area (Å²) in [7, 11) is 0. The van der Waals surface area contributed by atoms with E-state index in [0.29, 0.717) is 5.76 Å². The zero-order chi connectivity index (χ0) is 10.9. The second-order valence-corrected chi connectivity index (χ2v) is 3.31. The molecule has 15 heavy (non-hydrogen) atoms. The van der Waals surface area contributed by atoms with Gasteiger partial charge >= 0.3 is 6.18 Å². The van der Waals surface area contributed by atoms with E-state index in [1.165, 1.54) is 0 Å². The van der Waals surface area contributed by atoms with E-state index in [2.05, 4.69) is 0 Å². The fraction of sp³-hybridized carbons (Fsp3) is 0.556. The number of halogens is 4. The average molecular weight is 244 g/mol. The zero-order valence-corrected chi connectivity index (χ0v) is 9.21. The van der Waals surface area contributed by atoms with Crippen LogP contribution in [0.5, 0.6) is 0 Å². The fourth-order valence-electron chi connectivity index (χ4n) is 1.13. The van der Waals surface area contributed by atoms with Gasteiger partial charge in [-0.05, 0) is 25.5 Å². The highest BCUT2D eigenvalue weighted by Gasteiger charge is 2.32. The maximum Gasteiger partial charge on any atom is 0.391 e. The lowest BCUT2D eigenvalue weighted by Gasteiger charge is -2.11. The van der Waals surface area contributed by atoms with E-state index in [1.54, 1.807) is 19.9 Å². The molecule has 0 saturated heterocycles. The van der Waals surface area contributed by atoms with Gasteiger partial charge in [-0.1, -0.05) is 0 Å². The van der Waals surface area contributed by atoms with Crippen LogP contribution >= 0.6 is 12.4 Å². The van der Waals surface area contributed by atoms with Crippen LogP contribution in [-0.2, 0) is 0 Å². The Morgan fingerprint density at radius 2 is 1.93 bits per heavy atom. The van der Waals surface area contributed by atoms with Crippen molar-refractivity contribution in [3.63, 3.8) is 0 Å². The highest BCUT2D eigenvalue weighted by atomic mass is 35.5. The Balaban J connectivity index is 0.00000196. The van der Waals surface area contributed by atoms with Crippen molar-refractivity contribution in [1.29, 1.82) is 0 Å². The van der Waals surface area contributed by atoms with Crippen LogP contribution in [-0.4, -0.2) is 6.18 Å². The van der Waals surface area contributed by atoms with Crippen LogP contribution in [0.3, 0.4) is 0 Å². The van der Waals surface area contributed by atoms with Gasteiger partial charge in [-0.15, -0.1) is 12.4 Å². The molecule has 1 aromatic heterocycles. The van der Waals surface area contributed by atoms with Gasteiger partial charge in [-0.3, -0.25) is 0 Å². The number of rotatable bonds is 2. The Morgan fingerprint density at radius 1 is 1.40 bits per heavy atom. The third-order valence-electron chi connectivity index (χ3n) is 2.00. The summed E-state index contributed by atoms with van der Waals surface area (Å²) in [5, 5.41) is 0. The minimum atomic E-state index is -4.26. The first kappa shape index (κ1) is 14.3. The molecule has 0 amide bonds. The number of hydrogen-bond acceptors (Lipinski definition) is 2. The van der Waals surface area contributed by atoms with E-state index >= 15 is 0 Å². The molecule has 1 rings (SSSR count). The van der Waals surface area contributed by atoms with Crippen LogP contribution in [0.1, 0.15) is 29.5 Å². The minimum absolute atomic E-state index is 0. The van der Waals surface area contributed by atoms with E-state index in [0.717, 1.165) is 5.56 Å². The van der Waals surface area contributed by atoms with Gasteiger partial charge in [0.05, 0.1) is 12.5 Å². The molecular formula is C9H13ClF3NO. The maximum absolute atomic E-state index is 12.0. The van der Waals surface area contributed by atoms with E-state index in [-0.39, 0.29) is 18.2 Å². The van der Waals surface area contributed by atoms with Crippen molar-refractivity contribution in [2.24, 2.45) is 5.73 Å². The first-order valence-corrected chi connectivity index (χ1v) is 4.19. The lowest BCUT2D eigenvalue weighted by atomic mass is 10.1. The van der Waals surface area contributed by atoms with Crippen LogP contribution in [0.2, 0.25) is 0 Å². The lowest BCUT2D eigenvalue weighted by Crippen LogP contribution is -2.19. The highest BCUT2D eigenvalue weighted by molar-refractivity contribution is 5.85. The maximum atomic E-state index is 12.0. The molecule has 88 valence electrons. The van der Waals surface area contributed by atoms with Gasteiger partial charge in [0.15, 0.2) is 0 Å². The van der Waals surface area contributed by atoms with E-state index in [1.807, 2.05) is 0 Å². The smallest absolute Gasteiger partial charge is 0.391 e. The third kappa shape index (κ3) is 4.13. The molecular weight excluding hydrogens is 231 g/mol. The molecule has 1 heterocycles. The van der Waals surface area contributed by atoms with Gasteiger partial charge in [0, 0.05) is 0 Å². The van der Waals surface area contributed by atoms with Gasteiger partial charge in [0.2, 0.25) is 0 Å². The molecule has 0 aromatic carbocycles. The van der Waals surface area contributed by atoms with Crippen LogP contribution < -0.4 is 5.73 Å². The molecule has 2 nitrogen and oxygen atoms in total. The summed E-state index contributed by atoms with van der Waals surface area (Å²) >= 11 is 0. The molecule has 6 heteroatoms. The van der Waals surface area contributed by atoms with Crippen molar-refractivity contribution in [2.45, 2.75) is 32.5 Å². The molecule has 0 spiro atoms. The summed E-state index contributed by atoms with van der Waals surface area (Å²) in [6.07, 6.45) is -5.31. The molecule has 1 atom stereocenters. The summed E-state index contributed by atoms with van der Waals surface area (Å²) in [6.45, 7) is 3.46. The second kappa shape index (κ2) is 4.90. The van der Waals surface area contributed by atoms with Crippen molar-refractivity contribution in [2.75, 3.05) is 0 Å². The highest BCUT2D eigenvalue weighted by Crippen LogP contribution is 2.29. The normalized spacial score (nSPS) is 13.5. The lowest BCUT2D eigenvalue weighted by molar-refractivity contribution is -0.139. The number of alkyl halides is 3. The van der Waals surface area contributed by atoms with Crippen molar-refractivity contribution < 1.29 is 17.6 Å². The van der Waals surface area contributed by atoms with E-state index in [9.17, 15) is 13.2 Å². The molecule has 0 unspecified atom stereocenters. The Hall–Kier alpha value is -0.680.